The molecule has 0 spiro atoms. The molecule has 0 unspecified atom stereocenters. The molecular weight excluding hydrogens is 454 g/mol. The fraction of sp³-hybridized carbons (Fsp3) is 0.200. The minimum Gasteiger partial charge on any atom is -0.454 e. The fourth-order valence-corrected chi connectivity index (χ4v) is 5.83. The largest absolute Gasteiger partial charge is 0.454 e. The van der Waals surface area contributed by atoms with E-state index in [1.54, 1.807) is 36.5 Å². The number of benzene rings is 2. The Morgan fingerprint density at radius 3 is 2.71 bits per heavy atom. The number of ether oxygens (including phenoxy) is 2. The highest BCUT2D eigenvalue weighted by Gasteiger charge is 2.36. The topological polar surface area (TPSA) is 99.0 Å². The van der Waals surface area contributed by atoms with Crippen LogP contribution in [0.5, 0.6) is 11.5 Å². The number of allylic oxidation sites excluding steroid dienone is 2. The molecule has 1 aromatic heterocycles. The van der Waals surface area contributed by atoms with E-state index in [0.717, 1.165) is 20.7 Å². The number of ketones is 1. The summed E-state index contributed by atoms with van der Waals surface area (Å²) in [6.45, 7) is 2.97. The summed E-state index contributed by atoms with van der Waals surface area (Å²) in [5, 5.41) is 3.17. The Labute approximate surface area is 196 Å². The Bertz CT molecular complexity index is 1510. The van der Waals surface area contributed by atoms with Gasteiger partial charge in [-0.25, -0.2) is 12.4 Å². The lowest BCUT2D eigenvalue weighted by Crippen LogP contribution is -2.30. The quantitative estimate of drug-likeness (QED) is 0.609. The first-order chi connectivity index (χ1) is 16.4. The summed E-state index contributed by atoms with van der Waals surface area (Å²) in [4.78, 5) is 18.3. The van der Waals surface area contributed by atoms with E-state index >= 15 is 0 Å². The highest BCUT2D eigenvalue weighted by Crippen LogP contribution is 2.34. The molecular formula is C25H21N3O5S. The number of nitrogens with one attached hydrogen (secondary N) is 1. The Morgan fingerprint density at radius 1 is 1.09 bits per heavy atom. The smallest absolute Gasteiger partial charge is 0.268 e. The minimum atomic E-state index is -3.96. The Balaban J connectivity index is 1.37. The molecule has 3 aliphatic rings. The standard InChI is InChI=1S/C25H21N3O5S/c1-15-2-5-18(6-3-15)34(30,31)28-13-17-8-9-26-19-11-20(25(29)24(28)23(17)19)27-12-16-4-7-21-22(10-16)33-14-32-21/h2-7,10-11,13,27H,8-9,12,14H2,1H3. The Hall–Kier alpha value is -3.85. The molecule has 0 atom stereocenters. The molecule has 1 aliphatic carbocycles. The molecule has 8 nitrogen and oxygen atoms in total. The summed E-state index contributed by atoms with van der Waals surface area (Å²) in [7, 11) is -3.96. The fourth-order valence-electron chi connectivity index (χ4n) is 4.44. The van der Waals surface area contributed by atoms with Crippen molar-refractivity contribution in [2.75, 3.05) is 13.3 Å². The van der Waals surface area contributed by atoms with E-state index in [0.29, 0.717) is 48.0 Å². The molecule has 172 valence electrons. The summed E-state index contributed by atoms with van der Waals surface area (Å²) in [5.74, 6) is 0.966. The van der Waals surface area contributed by atoms with Crippen molar-refractivity contribution in [3.63, 3.8) is 0 Å². The van der Waals surface area contributed by atoms with Crippen molar-refractivity contribution in [3.8, 4) is 11.5 Å². The summed E-state index contributed by atoms with van der Waals surface area (Å²) in [5.41, 5.74) is 4.34. The number of Topliss-reactive ketones (excluding diaryl/α,β-unsaturated/α-hetero) is 1. The number of nitrogens with zero attached hydrogens (tertiary/aromatic N) is 2. The highest BCUT2D eigenvalue weighted by atomic mass is 32.2. The predicted molar refractivity (Wildman–Crippen MR) is 125 cm³/mol. The molecule has 3 aromatic rings. The molecule has 0 radical (unpaired) electrons. The summed E-state index contributed by atoms with van der Waals surface area (Å²) < 4.78 is 38.9. The number of carbonyl (C=O) groups is 1. The van der Waals surface area contributed by atoms with E-state index in [1.807, 2.05) is 25.1 Å². The second-order valence-electron chi connectivity index (χ2n) is 8.44. The van der Waals surface area contributed by atoms with Gasteiger partial charge in [0.1, 0.15) is 5.69 Å². The lowest BCUT2D eigenvalue weighted by atomic mass is 9.92. The van der Waals surface area contributed by atoms with Crippen LogP contribution in [0.3, 0.4) is 0 Å². The van der Waals surface area contributed by atoms with Gasteiger partial charge in [-0.2, -0.15) is 0 Å². The third-order valence-corrected chi connectivity index (χ3v) is 7.88. The van der Waals surface area contributed by atoms with Gasteiger partial charge in [0, 0.05) is 24.8 Å². The van der Waals surface area contributed by atoms with Gasteiger partial charge in [0.05, 0.1) is 16.3 Å². The first-order valence-electron chi connectivity index (χ1n) is 10.9. The second-order valence-corrected chi connectivity index (χ2v) is 10.3. The average molecular weight is 476 g/mol. The zero-order valence-corrected chi connectivity index (χ0v) is 19.2. The van der Waals surface area contributed by atoms with Crippen molar-refractivity contribution in [1.29, 1.82) is 0 Å². The number of rotatable bonds is 5. The third kappa shape index (κ3) is 3.23. The van der Waals surface area contributed by atoms with Crippen molar-refractivity contribution in [2.24, 2.45) is 4.99 Å². The number of aliphatic imine (C=N–C) groups is 1. The van der Waals surface area contributed by atoms with E-state index in [2.05, 4.69) is 10.3 Å². The second kappa shape index (κ2) is 7.59. The van der Waals surface area contributed by atoms with Gasteiger partial charge in [-0.1, -0.05) is 23.8 Å². The first kappa shape index (κ1) is 20.7. The maximum Gasteiger partial charge on any atom is 0.268 e. The predicted octanol–water partition coefficient (Wildman–Crippen LogP) is 2.98. The molecule has 0 fully saturated rings. The van der Waals surface area contributed by atoms with E-state index in [1.165, 1.54) is 0 Å². The van der Waals surface area contributed by atoms with Crippen molar-refractivity contribution < 1.29 is 22.7 Å². The van der Waals surface area contributed by atoms with E-state index < -0.39 is 10.0 Å². The average Bonchev–Trinajstić information content (AvgIpc) is 3.46. The van der Waals surface area contributed by atoms with Crippen LogP contribution in [-0.4, -0.2) is 37.2 Å². The van der Waals surface area contributed by atoms with Gasteiger partial charge in [0.2, 0.25) is 12.6 Å². The summed E-state index contributed by atoms with van der Waals surface area (Å²) in [6.07, 6.45) is 3.87. The number of fused-ring (bicyclic) bond motifs is 1. The van der Waals surface area contributed by atoms with E-state index in [4.69, 9.17) is 9.47 Å². The molecule has 3 heterocycles. The van der Waals surface area contributed by atoms with Crippen LogP contribution in [0.2, 0.25) is 0 Å². The van der Waals surface area contributed by atoms with Crippen LogP contribution in [0.1, 0.15) is 32.7 Å². The molecule has 34 heavy (non-hydrogen) atoms. The van der Waals surface area contributed by atoms with Crippen LogP contribution >= 0.6 is 0 Å². The minimum absolute atomic E-state index is 0.129. The Morgan fingerprint density at radius 2 is 1.88 bits per heavy atom. The first-order valence-corrected chi connectivity index (χ1v) is 12.4. The third-order valence-electron chi connectivity index (χ3n) is 6.21. The number of aryl methyl sites for hydroxylation is 1. The monoisotopic (exact) mass is 475 g/mol. The van der Waals surface area contributed by atoms with Crippen LogP contribution in [0, 0.1) is 6.92 Å². The van der Waals surface area contributed by atoms with Crippen molar-refractivity contribution in [1.82, 2.24) is 9.29 Å². The zero-order chi connectivity index (χ0) is 23.4. The van der Waals surface area contributed by atoms with Crippen LogP contribution < -0.4 is 14.8 Å². The van der Waals surface area contributed by atoms with Gasteiger partial charge in [0.15, 0.2) is 11.5 Å². The summed E-state index contributed by atoms with van der Waals surface area (Å²) >= 11 is 0. The maximum absolute atomic E-state index is 13.6. The molecule has 1 N–H and O–H groups in total. The van der Waals surface area contributed by atoms with E-state index in [9.17, 15) is 13.2 Å². The normalized spacial score (nSPS) is 16.1. The maximum atomic E-state index is 13.6. The molecule has 0 saturated heterocycles. The molecule has 2 aromatic carbocycles. The number of aromatic nitrogens is 1. The highest BCUT2D eigenvalue weighted by molar-refractivity contribution is 7.90. The van der Waals surface area contributed by atoms with Gasteiger partial charge >= 0.3 is 0 Å². The van der Waals surface area contributed by atoms with Crippen LogP contribution in [0.4, 0.5) is 0 Å². The van der Waals surface area contributed by atoms with Crippen LogP contribution in [-0.2, 0) is 23.0 Å². The molecule has 0 saturated carbocycles. The number of hydrogen-bond donors (Lipinski definition) is 1. The molecule has 0 bridgehead atoms. The van der Waals surface area contributed by atoms with Crippen molar-refractivity contribution in [2.45, 2.75) is 24.8 Å². The molecule has 9 heteroatoms. The molecule has 6 rings (SSSR count). The zero-order valence-electron chi connectivity index (χ0n) is 18.4. The van der Waals surface area contributed by atoms with Crippen molar-refractivity contribution in [3.05, 3.63) is 88.4 Å². The van der Waals surface area contributed by atoms with Crippen LogP contribution in [0.15, 0.2) is 70.3 Å². The van der Waals surface area contributed by atoms with Gasteiger partial charge < -0.3 is 14.8 Å². The van der Waals surface area contributed by atoms with Gasteiger partial charge in [-0.3, -0.25) is 9.79 Å². The number of carbonyl (C=O) groups excluding carboxylic acids is 1. The number of hydrogen-bond acceptors (Lipinski definition) is 7. The molecule has 0 amide bonds. The van der Waals surface area contributed by atoms with Crippen LogP contribution in [0.25, 0.3) is 0 Å². The van der Waals surface area contributed by atoms with Gasteiger partial charge in [-0.15, -0.1) is 0 Å². The van der Waals surface area contributed by atoms with Crippen molar-refractivity contribution >= 4 is 21.5 Å². The van der Waals surface area contributed by atoms with Gasteiger partial charge in [0.25, 0.3) is 10.0 Å². The van der Waals surface area contributed by atoms with E-state index in [-0.39, 0.29) is 23.2 Å². The van der Waals surface area contributed by atoms with Gasteiger partial charge in [-0.05, 0) is 54.8 Å². The lowest BCUT2D eigenvalue weighted by Gasteiger charge is -2.21. The molecule has 2 aliphatic heterocycles. The summed E-state index contributed by atoms with van der Waals surface area (Å²) in [6, 6.07) is 12.2. The Kier molecular flexibility index (Phi) is 4.63. The lowest BCUT2D eigenvalue weighted by molar-refractivity contribution is 0.102. The SMILES string of the molecule is Cc1ccc(S(=O)(=O)n2cc3c4c2C(=O)C(NCc2ccc5c(c2)OCO5)=CC4=NCC3)cc1.